The third-order valence-electron chi connectivity index (χ3n) is 3.31. The minimum absolute atomic E-state index is 0.444. The predicted molar refractivity (Wildman–Crippen MR) is 77.2 cm³/mol. The van der Waals surface area contributed by atoms with Crippen molar-refractivity contribution >= 4 is 0 Å². The van der Waals surface area contributed by atoms with Crippen LogP contribution in [0.2, 0.25) is 0 Å². The first-order chi connectivity index (χ1) is 9.06. The van der Waals surface area contributed by atoms with Crippen LogP contribution >= 0.6 is 0 Å². The molecular formula is C15H21N3O. The molecule has 1 aromatic heterocycles. The summed E-state index contributed by atoms with van der Waals surface area (Å²) in [5, 5.41) is 4.39. The first-order valence-corrected chi connectivity index (χ1v) is 6.48. The Bertz CT molecular complexity index is 573. The summed E-state index contributed by atoms with van der Waals surface area (Å²) in [7, 11) is 3.62. The van der Waals surface area contributed by atoms with E-state index >= 15 is 0 Å². The van der Waals surface area contributed by atoms with Crippen LogP contribution < -0.4 is 10.5 Å². The number of aromatic nitrogens is 2. The number of methoxy groups -OCH3 is 1. The van der Waals surface area contributed by atoms with Crippen molar-refractivity contribution in [3.63, 3.8) is 0 Å². The highest BCUT2D eigenvalue weighted by Gasteiger charge is 2.13. The van der Waals surface area contributed by atoms with Gasteiger partial charge in [-0.2, -0.15) is 5.10 Å². The molecule has 0 fully saturated rings. The van der Waals surface area contributed by atoms with Crippen LogP contribution in [0, 0.1) is 0 Å². The van der Waals surface area contributed by atoms with Gasteiger partial charge in [0.2, 0.25) is 0 Å². The Morgan fingerprint density at radius 2 is 2.05 bits per heavy atom. The molecule has 4 nitrogen and oxygen atoms in total. The van der Waals surface area contributed by atoms with Crippen molar-refractivity contribution in [1.29, 1.82) is 0 Å². The Morgan fingerprint density at radius 1 is 1.32 bits per heavy atom. The second-order valence-corrected chi connectivity index (χ2v) is 4.96. The number of aryl methyl sites for hydroxylation is 1. The van der Waals surface area contributed by atoms with E-state index in [0.717, 1.165) is 22.7 Å². The Labute approximate surface area is 114 Å². The molecule has 0 amide bonds. The average Bonchev–Trinajstić information content (AvgIpc) is 2.79. The molecule has 0 saturated heterocycles. The van der Waals surface area contributed by atoms with Crippen LogP contribution in [-0.4, -0.2) is 16.9 Å². The maximum Gasteiger partial charge on any atom is 0.128 e. The van der Waals surface area contributed by atoms with Crippen molar-refractivity contribution in [3.8, 4) is 17.0 Å². The minimum Gasteiger partial charge on any atom is -0.496 e. The number of hydrogen-bond donors (Lipinski definition) is 1. The Kier molecular flexibility index (Phi) is 3.90. The highest BCUT2D eigenvalue weighted by molar-refractivity contribution is 5.69. The second-order valence-electron chi connectivity index (χ2n) is 4.96. The van der Waals surface area contributed by atoms with Gasteiger partial charge in [-0.05, 0) is 29.7 Å². The quantitative estimate of drug-likeness (QED) is 0.918. The van der Waals surface area contributed by atoms with Crippen molar-refractivity contribution in [3.05, 3.63) is 35.5 Å². The summed E-state index contributed by atoms with van der Waals surface area (Å²) < 4.78 is 7.31. The zero-order valence-electron chi connectivity index (χ0n) is 12.0. The molecule has 1 aromatic carbocycles. The summed E-state index contributed by atoms with van der Waals surface area (Å²) >= 11 is 0. The van der Waals surface area contributed by atoms with Crippen molar-refractivity contribution < 1.29 is 4.74 Å². The molecule has 1 heterocycles. The predicted octanol–water partition coefficient (Wildman–Crippen LogP) is 2.68. The molecule has 4 heteroatoms. The first kappa shape index (κ1) is 13.6. The molecule has 2 aromatic rings. The van der Waals surface area contributed by atoms with E-state index in [1.807, 2.05) is 23.9 Å². The van der Waals surface area contributed by atoms with Gasteiger partial charge < -0.3 is 10.5 Å². The fourth-order valence-corrected chi connectivity index (χ4v) is 2.16. The average molecular weight is 259 g/mol. The van der Waals surface area contributed by atoms with Gasteiger partial charge in [-0.3, -0.25) is 4.68 Å². The standard InChI is InChI=1S/C15H21N3O/c1-10(2)11-5-6-15(19-4)13(7-11)14-8-12(9-16)17-18(14)3/h5-8,10H,9,16H2,1-4H3. The lowest BCUT2D eigenvalue weighted by atomic mass is 9.99. The van der Waals surface area contributed by atoms with E-state index in [2.05, 4.69) is 31.1 Å². The molecule has 0 aliphatic rings. The van der Waals surface area contributed by atoms with Crippen LogP contribution in [0.4, 0.5) is 0 Å². The normalized spacial score (nSPS) is 11.1. The molecule has 0 saturated carbocycles. The van der Waals surface area contributed by atoms with Gasteiger partial charge in [0.15, 0.2) is 0 Å². The van der Waals surface area contributed by atoms with Crippen molar-refractivity contribution in [1.82, 2.24) is 9.78 Å². The summed E-state index contributed by atoms with van der Waals surface area (Å²) in [6.07, 6.45) is 0. The van der Waals surface area contributed by atoms with E-state index in [-0.39, 0.29) is 0 Å². The molecule has 0 bridgehead atoms. The zero-order chi connectivity index (χ0) is 14.0. The highest BCUT2D eigenvalue weighted by atomic mass is 16.5. The zero-order valence-corrected chi connectivity index (χ0v) is 12.0. The Morgan fingerprint density at radius 3 is 2.58 bits per heavy atom. The maximum atomic E-state index is 5.65. The third kappa shape index (κ3) is 2.63. The third-order valence-corrected chi connectivity index (χ3v) is 3.31. The number of rotatable bonds is 4. The molecule has 0 spiro atoms. The van der Waals surface area contributed by atoms with Gasteiger partial charge in [-0.1, -0.05) is 19.9 Å². The number of nitrogens with two attached hydrogens (primary N) is 1. The van der Waals surface area contributed by atoms with E-state index in [0.29, 0.717) is 12.5 Å². The number of nitrogens with zero attached hydrogens (tertiary/aromatic N) is 2. The van der Waals surface area contributed by atoms with E-state index in [4.69, 9.17) is 10.5 Å². The van der Waals surface area contributed by atoms with Crippen LogP contribution in [0.15, 0.2) is 24.3 Å². The second kappa shape index (κ2) is 5.45. The monoisotopic (exact) mass is 259 g/mol. The van der Waals surface area contributed by atoms with Crippen LogP contribution in [0.5, 0.6) is 5.75 Å². The molecule has 0 aliphatic heterocycles. The van der Waals surface area contributed by atoms with E-state index in [1.165, 1.54) is 5.56 Å². The van der Waals surface area contributed by atoms with Gasteiger partial charge in [0.05, 0.1) is 18.5 Å². The summed E-state index contributed by atoms with van der Waals surface area (Å²) in [6, 6.07) is 8.30. The smallest absolute Gasteiger partial charge is 0.128 e. The summed E-state index contributed by atoms with van der Waals surface area (Å²) in [4.78, 5) is 0. The molecule has 0 aliphatic carbocycles. The van der Waals surface area contributed by atoms with E-state index in [9.17, 15) is 0 Å². The van der Waals surface area contributed by atoms with Gasteiger partial charge in [-0.25, -0.2) is 0 Å². The topological polar surface area (TPSA) is 53.1 Å². The fourth-order valence-electron chi connectivity index (χ4n) is 2.16. The van der Waals surface area contributed by atoms with Gasteiger partial charge in [0.1, 0.15) is 5.75 Å². The van der Waals surface area contributed by atoms with E-state index in [1.54, 1.807) is 7.11 Å². The Hall–Kier alpha value is -1.81. The summed E-state index contributed by atoms with van der Waals surface area (Å²) in [6.45, 7) is 4.81. The first-order valence-electron chi connectivity index (χ1n) is 6.48. The molecule has 19 heavy (non-hydrogen) atoms. The molecule has 0 radical (unpaired) electrons. The molecule has 2 rings (SSSR count). The lowest BCUT2D eigenvalue weighted by molar-refractivity contribution is 0.416. The molecule has 102 valence electrons. The maximum absolute atomic E-state index is 5.65. The van der Waals surface area contributed by atoms with Crippen molar-refractivity contribution in [2.45, 2.75) is 26.3 Å². The van der Waals surface area contributed by atoms with Crippen LogP contribution in [0.3, 0.4) is 0 Å². The van der Waals surface area contributed by atoms with Gasteiger partial charge >= 0.3 is 0 Å². The molecule has 2 N–H and O–H groups in total. The van der Waals surface area contributed by atoms with Crippen LogP contribution in [0.1, 0.15) is 31.0 Å². The van der Waals surface area contributed by atoms with Crippen LogP contribution in [0.25, 0.3) is 11.3 Å². The lowest BCUT2D eigenvalue weighted by Gasteiger charge is -2.12. The molecule has 0 unspecified atom stereocenters. The molecular weight excluding hydrogens is 238 g/mol. The highest BCUT2D eigenvalue weighted by Crippen LogP contribution is 2.33. The van der Waals surface area contributed by atoms with Crippen molar-refractivity contribution in [2.24, 2.45) is 12.8 Å². The fraction of sp³-hybridized carbons (Fsp3) is 0.400. The van der Waals surface area contributed by atoms with Gasteiger partial charge in [0, 0.05) is 19.2 Å². The SMILES string of the molecule is COc1ccc(C(C)C)cc1-c1cc(CN)nn1C. The molecule has 0 atom stereocenters. The van der Waals surface area contributed by atoms with Gasteiger partial charge in [0.25, 0.3) is 0 Å². The summed E-state index contributed by atoms with van der Waals surface area (Å²) in [5.41, 5.74) is 9.91. The Balaban J connectivity index is 2.57. The largest absolute Gasteiger partial charge is 0.496 e. The number of hydrogen-bond acceptors (Lipinski definition) is 3. The van der Waals surface area contributed by atoms with Gasteiger partial charge in [-0.15, -0.1) is 0 Å². The minimum atomic E-state index is 0.444. The lowest BCUT2D eigenvalue weighted by Crippen LogP contribution is -1.99. The number of ether oxygens (including phenoxy) is 1. The van der Waals surface area contributed by atoms with Crippen LogP contribution in [-0.2, 0) is 13.6 Å². The number of benzene rings is 1. The summed E-state index contributed by atoms with van der Waals surface area (Å²) in [5.74, 6) is 1.34. The van der Waals surface area contributed by atoms with Crippen molar-refractivity contribution in [2.75, 3.05) is 7.11 Å². The van der Waals surface area contributed by atoms with E-state index < -0.39 is 0 Å².